The van der Waals surface area contributed by atoms with Gasteiger partial charge in [0.15, 0.2) is 12.7 Å². The van der Waals surface area contributed by atoms with Crippen LogP contribution in [0.25, 0.3) is 17.0 Å². The summed E-state index contributed by atoms with van der Waals surface area (Å²) in [5, 5.41) is 2.76. The number of nitrogens with zero attached hydrogens (tertiary/aromatic N) is 3. The van der Waals surface area contributed by atoms with Crippen LogP contribution in [0.15, 0.2) is 82.4 Å². The molecule has 0 unspecified atom stereocenters. The Bertz CT molecular complexity index is 1220. The number of fused-ring (bicyclic) bond motifs is 4. The molecular formula is C29H35N3S+2. The Balaban J connectivity index is 1.44. The number of benzene rings is 2. The van der Waals surface area contributed by atoms with Gasteiger partial charge in [0, 0.05) is 23.6 Å². The Morgan fingerprint density at radius 3 is 2.67 bits per heavy atom. The highest BCUT2D eigenvalue weighted by Gasteiger charge is 2.28. The van der Waals surface area contributed by atoms with Gasteiger partial charge in [-0.2, -0.15) is 4.57 Å². The van der Waals surface area contributed by atoms with E-state index in [1.807, 2.05) is 11.8 Å². The van der Waals surface area contributed by atoms with Gasteiger partial charge in [-0.1, -0.05) is 48.2 Å². The first kappa shape index (κ1) is 22.2. The van der Waals surface area contributed by atoms with Crippen molar-refractivity contribution in [2.45, 2.75) is 37.1 Å². The zero-order valence-electron chi connectivity index (χ0n) is 20.1. The predicted octanol–water partition coefficient (Wildman–Crippen LogP) is 6.24. The fourth-order valence-electron chi connectivity index (χ4n) is 4.90. The lowest BCUT2D eigenvalue weighted by Gasteiger charge is -2.22. The molecule has 0 saturated carbocycles. The molecule has 0 saturated heterocycles. The topological polar surface area (TPSA) is 7.12 Å². The molecule has 1 aromatic heterocycles. The first-order chi connectivity index (χ1) is 16.0. The van der Waals surface area contributed by atoms with E-state index in [9.17, 15) is 0 Å². The molecule has 0 spiro atoms. The minimum Gasteiger partial charge on any atom is -0.335 e. The molecule has 0 radical (unpaired) electrons. The highest BCUT2D eigenvalue weighted by atomic mass is 32.2. The maximum atomic E-state index is 2.54. The van der Waals surface area contributed by atoms with Crippen LogP contribution in [0.5, 0.6) is 0 Å². The summed E-state index contributed by atoms with van der Waals surface area (Å²) in [6.45, 7) is 3.36. The van der Waals surface area contributed by atoms with Gasteiger partial charge in [-0.3, -0.25) is 0 Å². The van der Waals surface area contributed by atoms with Crippen LogP contribution in [0, 0.1) is 0 Å². The summed E-state index contributed by atoms with van der Waals surface area (Å²) >= 11 is 1.94. The lowest BCUT2D eigenvalue weighted by Crippen LogP contribution is -2.40. The van der Waals surface area contributed by atoms with Crippen LogP contribution < -0.4 is 9.47 Å². The van der Waals surface area contributed by atoms with Gasteiger partial charge in [0.05, 0.1) is 50.2 Å². The number of pyridine rings is 1. The summed E-state index contributed by atoms with van der Waals surface area (Å²) in [5.41, 5.74) is 5.48. The molecule has 4 heteroatoms. The molecule has 0 N–H and O–H groups in total. The second-order valence-corrected chi connectivity index (χ2v) is 11.2. The molecule has 2 aliphatic heterocycles. The Morgan fingerprint density at radius 1 is 0.970 bits per heavy atom. The molecule has 0 bridgehead atoms. The highest BCUT2D eigenvalue weighted by molar-refractivity contribution is 8.03. The molecule has 0 fully saturated rings. The summed E-state index contributed by atoms with van der Waals surface area (Å²) in [6.07, 6.45) is 11.8. The number of thioether (sulfide) groups is 1. The molecule has 170 valence electrons. The average molecular weight is 458 g/mol. The summed E-state index contributed by atoms with van der Waals surface area (Å²) in [7, 11) is 6.80. The molecule has 33 heavy (non-hydrogen) atoms. The predicted molar refractivity (Wildman–Crippen MR) is 141 cm³/mol. The molecule has 0 aliphatic carbocycles. The molecule has 3 nitrogen and oxygen atoms in total. The second kappa shape index (κ2) is 9.36. The molecule has 3 heterocycles. The normalized spacial score (nSPS) is 16.4. The number of hydrogen-bond donors (Lipinski definition) is 0. The van der Waals surface area contributed by atoms with E-state index in [0.717, 1.165) is 24.0 Å². The molecule has 0 amide bonds. The number of aryl methyl sites for hydroxylation is 1. The Labute approximate surface area is 202 Å². The molecular weight excluding hydrogens is 422 g/mol. The van der Waals surface area contributed by atoms with Gasteiger partial charge in [-0.05, 0) is 48.6 Å². The van der Waals surface area contributed by atoms with Gasteiger partial charge in [0.25, 0.3) is 0 Å². The number of quaternary nitrogens is 1. The molecule has 5 rings (SSSR count). The minimum absolute atomic E-state index is 1.01. The third-order valence-corrected chi connectivity index (χ3v) is 7.85. The van der Waals surface area contributed by atoms with E-state index in [1.54, 1.807) is 0 Å². The zero-order chi connectivity index (χ0) is 22.8. The summed E-state index contributed by atoms with van der Waals surface area (Å²) < 4.78 is 3.43. The van der Waals surface area contributed by atoms with Crippen LogP contribution in [0.3, 0.4) is 0 Å². The largest absolute Gasteiger partial charge is 0.335 e. The third-order valence-electron chi connectivity index (χ3n) is 6.61. The number of hydrogen-bond acceptors (Lipinski definition) is 2. The van der Waals surface area contributed by atoms with Crippen LogP contribution >= 0.6 is 11.8 Å². The van der Waals surface area contributed by atoms with Gasteiger partial charge < -0.3 is 9.38 Å². The standard InChI is InChI=1S/C29H35N3S/c1-32(2,3)22-10-19-30-21-18-23(25-12-4-5-13-26(25)30)16-17-24-11-8-9-20-31-27-14-6-7-15-28(27)33-29(24)31/h4-7,12-18,21H,8-11,19-20,22H2,1-3H3/q+2. The smallest absolute Gasteiger partial charge is 0.213 e. The van der Waals surface area contributed by atoms with Gasteiger partial charge in [-0.25, -0.2) is 0 Å². The van der Waals surface area contributed by atoms with Crippen molar-refractivity contribution in [3.63, 3.8) is 0 Å². The van der Waals surface area contributed by atoms with Crippen molar-refractivity contribution in [2.75, 3.05) is 39.1 Å². The Kier molecular flexibility index (Phi) is 6.31. The summed E-state index contributed by atoms with van der Waals surface area (Å²) in [4.78, 5) is 3.93. The van der Waals surface area contributed by atoms with Crippen LogP contribution in [-0.4, -0.2) is 38.7 Å². The van der Waals surface area contributed by atoms with Gasteiger partial charge in [0.1, 0.15) is 0 Å². The van der Waals surface area contributed by atoms with E-state index in [2.05, 4.69) is 104 Å². The number of rotatable bonds is 6. The van der Waals surface area contributed by atoms with Crippen molar-refractivity contribution < 1.29 is 9.05 Å². The first-order valence-corrected chi connectivity index (χ1v) is 13.0. The van der Waals surface area contributed by atoms with Crippen LogP contribution in [0.1, 0.15) is 31.2 Å². The van der Waals surface area contributed by atoms with E-state index < -0.39 is 0 Å². The number of aromatic nitrogens is 1. The van der Waals surface area contributed by atoms with Gasteiger partial charge in [-0.15, -0.1) is 0 Å². The fourth-order valence-corrected chi connectivity index (χ4v) is 6.14. The first-order valence-electron chi connectivity index (χ1n) is 12.2. The lowest BCUT2D eigenvalue weighted by molar-refractivity contribution is -0.873. The van der Waals surface area contributed by atoms with E-state index >= 15 is 0 Å². The maximum Gasteiger partial charge on any atom is 0.213 e. The molecule has 3 aromatic rings. The highest BCUT2D eigenvalue weighted by Crippen LogP contribution is 2.49. The monoisotopic (exact) mass is 457 g/mol. The summed E-state index contributed by atoms with van der Waals surface area (Å²) in [5.74, 6) is 0. The zero-order valence-corrected chi connectivity index (χ0v) is 20.9. The summed E-state index contributed by atoms with van der Waals surface area (Å²) in [6, 6.07) is 20.0. The molecule has 0 atom stereocenters. The fraction of sp³-hybridized carbons (Fsp3) is 0.345. The van der Waals surface area contributed by atoms with Gasteiger partial charge >= 0.3 is 0 Å². The number of para-hydroxylation sites is 2. The van der Waals surface area contributed by atoms with Crippen molar-refractivity contribution in [2.24, 2.45) is 0 Å². The number of allylic oxidation sites excluding steroid dienone is 2. The maximum absolute atomic E-state index is 2.54. The minimum atomic E-state index is 1.01. The van der Waals surface area contributed by atoms with E-state index in [4.69, 9.17) is 0 Å². The third kappa shape index (κ3) is 4.87. The lowest BCUT2D eigenvalue weighted by atomic mass is 10.1. The van der Waals surface area contributed by atoms with Gasteiger partial charge in [0.2, 0.25) is 5.52 Å². The van der Waals surface area contributed by atoms with Crippen molar-refractivity contribution in [3.8, 4) is 0 Å². The van der Waals surface area contributed by atoms with Crippen molar-refractivity contribution in [3.05, 3.63) is 83.0 Å². The second-order valence-electron chi connectivity index (χ2n) is 10.2. The van der Waals surface area contributed by atoms with E-state index in [0.29, 0.717) is 0 Å². The van der Waals surface area contributed by atoms with E-state index in [-0.39, 0.29) is 0 Å². The van der Waals surface area contributed by atoms with Crippen molar-refractivity contribution >= 4 is 34.4 Å². The number of anilines is 1. The van der Waals surface area contributed by atoms with Crippen molar-refractivity contribution in [1.82, 2.24) is 0 Å². The van der Waals surface area contributed by atoms with Crippen LogP contribution in [0.4, 0.5) is 5.69 Å². The van der Waals surface area contributed by atoms with Crippen molar-refractivity contribution in [1.29, 1.82) is 0 Å². The molecule has 2 aromatic carbocycles. The Morgan fingerprint density at radius 2 is 1.79 bits per heavy atom. The molecule has 2 aliphatic rings. The SMILES string of the molecule is C[N+](C)(C)CCC[n+]1ccc(C=CC2=C3Sc4ccccc4N3CCCC2)c2ccccc21. The van der Waals surface area contributed by atoms with Crippen LogP contribution in [0.2, 0.25) is 0 Å². The quantitative estimate of drug-likeness (QED) is 0.319. The van der Waals surface area contributed by atoms with E-state index in [1.165, 1.54) is 63.5 Å². The Hall–Kier alpha value is -2.56. The van der Waals surface area contributed by atoms with Crippen LogP contribution in [-0.2, 0) is 6.54 Å². The average Bonchev–Trinajstić information content (AvgIpc) is 3.05.